The number of hydrogen-bond donors (Lipinski definition) is 1. The van der Waals surface area contributed by atoms with Gasteiger partial charge in [0.1, 0.15) is 0 Å². The Labute approximate surface area is 123 Å². The number of likely N-dealkylation sites (N-methyl/N-ethyl adjacent to an activating group) is 1. The Hall–Kier alpha value is -1.60. The van der Waals surface area contributed by atoms with Gasteiger partial charge in [-0.15, -0.1) is 0 Å². The van der Waals surface area contributed by atoms with Crippen molar-refractivity contribution in [1.82, 2.24) is 5.32 Å². The van der Waals surface area contributed by atoms with Crippen molar-refractivity contribution in [2.75, 3.05) is 7.05 Å². The lowest BCUT2D eigenvalue weighted by Gasteiger charge is -2.36. The molecule has 1 unspecified atom stereocenters. The average molecular weight is 267 g/mol. The van der Waals surface area contributed by atoms with Crippen molar-refractivity contribution >= 4 is 0 Å². The maximum Gasteiger partial charge on any atom is 0.0413 e. The van der Waals surface area contributed by atoms with Gasteiger partial charge in [-0.1, -0.05) is 67.9 Å². The molecule has 0 aliphatic rings. The van der Waals surface area contributed by atoms with E-state index in [1.54, 1.807) is 0 Å². The molecule has 1 atom stereocenters. The molecule has 0 amide bonds. The topological polar surface area (TPSA) is 12.0 Å². The molecule has 0 spiro atoms. The molecule has 0 fully saturated rings. The molecular formula is C19H25N. The van der Waals surface area contributed by atoms with Crippen molar-refractivity contribution in [3.8, 4) is 0 Å². The Kier molecular flexibility index (Phi) is 4.29. The van der Waals surface area contributed by atoms with Crippen molar-refractivity contribution in [3.63, 3.8) is 0 Å². The Morgan fingerprint density at radius 2 is 1.60 bits per heavy atom. The van der Waals surface area contributed by atoms with Crippen LogP contribution in [0.4, 0.5) is 0 Å². The van der Waals surface area contributed by atoms with Crippen LogP contribution in [-0.4, -0.2) is 7.05 Å². The summed E-state index contributed by atoms with van der Waals surface area (Å²) in [5.74, 6) is 0. The molecule has 1 N–H and O–H groups in total. The maximum atomic E-state index is 3.53. The summed E-state index contributed by atoms with van der Waals surface area (Å²) < 4.78 is 0. The molecule has 2 aromatic carbocycles. The molecule has 2 rings (SSSR count). The van der Waals surface area contributed by atoms with E-state index in [1.165, 1.54) is 22.3 Å². The van der Waals surface area contributed by atoms with Crippen LogP contribution in [0.15, 0.2) is 48.5 Å². The van der Waals surface area contributed by atoms with Crippen molar-refractivity contribution in [3.05, 3.63) is 70.8 Å². The van der Waals surface area contributed by atoms with E-state index >= 15 is 0 Å². The van der Waals surface area contributed by atoms with Crippen LogP contribution in [0.3, 0.4) is 0 Å². The molecule has 2 aromatic rings. The van der Waals surface area contributed by atoms with Crippen LogP contribution in [0.25, 0.3) is 0 Å². The first-order chi connectivity index (χ1) is 9.46. The summed E-state index contributed by atoms with van der Waals surface area (Å²) in [6, 6.07) is 17.7. The lowest BCUT2D eigenvalue weighted by atomic mass is 9.74. The summed E-state index contributed by atoms with van der Waals surface area (Å²) in [6.45, 7) is 8.97. The van der Waals surface area contributed by atoms with Crippen LogP contribution in [0.1, 0.15) is 42.1 Å². The van der Waals surface area contributed by atoms with E-state index in [0.717, 1.165) is 0 Å². The third kappa shape index (κ3) is 2.78. The fourth-order valence-electron chi connectivity index (χ4n) is 3.01. The quantitative estimate of drug-likeness (QED) is 0.857. The molecule has 1 heteroatoms. The molecule has 0 heterocycles. The molecule has 106 valence electrons. The highest BCUT2D eigenvalue weighted by Gasteiger charge is 2.32. The van der Waals surface area contributed by atoms with Gasteiger partial charge in [0.2, 0.25) is 0 Å². The number of benzene rings is 2. The van der Waals surface area contributed by atoms with Gasteiger partial charge in [-0.3, -0.25) is 0 Å². The van der Waals surface area contributed by atoms with Crippen LogP contribution in [-0.2, 0) is 5.41 Å². The average Bonchev–Trinajstić information content (AvgIpc) is 2.44. The molecule has 0 aliphatic carbocycles. The first-order valence-electron chi connectivity index (χ1n) is 7.26. The van der Waals surface area contributed by atoms with Gasteiger partial charge in [0.15, 0.2) is 0 Å². The lowest BCUT2D eigenvalue weighted by molar-refractivity contribution is 0.367. The lowest BCUT2D eigenvalue weighted by Crippen LogP contribution is -2.36. The van der Waals surface area contributed by atoms with Crippen molar-refractivity contribution in [2.24, 2.45) is 0 Å². The monoisotopic (exact) mass is 267 g/mol. The molecule has 20 heavy (non-hydrogen) atoms. The molecular weight excluding hydrogens is 242 g/mol. The van der Waals surface area contributed by atoms with Gasteiger partial charge in [-0.2, -0.15) is 0 Å². The van der Waals surface area contributed by atoms with Crippen LogP contribution in [0.2, 0.25) is 0 Å². The minimum absolute atomic E-state index is 0.0363. The summed E-state index contributed by atoms with van der Waals surface area (Å²) in [7, 11) is 2.05. The van der Waals surface area contributed by atoms with E-state index < -0.39 is 0 Å². The highest BCUT2D eigenvalue weighted by molar-refractivity contribution is 5.38. The zero-order valence-electron chi connectivity index (χ0n) is 13.2. The third-order valence-electron chi connectivity index (χ3n) is 4.27. The van der Waals surface area contributed by atoms with E-state index in [1.807, 2.05) is 0 Å². The first-order valence-corrected chi connectivity index (χ1v) is 7.26. The Morgan fingerprint density at radius 3 is 2.20 bits per heavy atom. The first kappa shape index (κ1) is 14.8. The summed E-state index contributed by atoms with van der Waals surface area (Å²) in [6.07, 6.45) is 0. The van der Waals surface area contributed by atoms with Crippen LogP contribution < -0.4 is 5.32 Å². The van der Waals surface area contributed by atoms with E-state index in [4.69, 9.17) is 0 Å². The van der Waals surface area contributed by atoms with Gasteiger partial charge in [0, 0.05) is 11.5 Å². The second kappa shape index (κ2) is 5.80. The number of aryl methyl sites for hydroxylation is 2. The van der Waals surface area contributed by atoms with E-state index in [-0.39, 0.29) is 5.41 Å². The zero-order valence-corrected chi connectivity index (χ0v) is 13.2. The number of rotatable bonds is 4. The third-order valence-corrected chi connectivity index (χ3v) is 4.27. The predicted octanol–water partition coefficient (Wildman–Crippen LogP) is 4.54. The van der Waals surface area contributed by atoms with Gasteiger partial charge in [-0.25, -0.2) is 0 Å². The van der Waals surface area contributed by atoms with E-state index in [2.05, 4.69) is 88.6 Å². The van der Waals surface area contributed by atoms with Crippen LogP contribution in [0.5, 0.6) is 0 Å². The molecule has 0 aliphatic heterocycles. The van der Waals surface area contributed by atoms with Crippen molar-refractivity contribution < 1.29 is 0 Å². The second-order valence-electron chi connectivity index (χ2n) is 6.17. The predicted molar refractivity (Wildman–Crippen MR) is 87.2 cm³/mol. The van der Waals surface area contributed by atoms with E-state index in [9.17, 15) is 0 Å². The Balaban J connectivity index is 2.49. The van der Waals surface area contributed by atoms with Gasteiger partial charge < -0.3 is 5.32 Å². The van der Waals surface area contributed by atoms with Crippen LogP contribution >= 0.6 is 0 Å². The molecule has 0 saturated heterocycles. The minimum Gasteiger partial charge on any atom is -0.312 e. The maximum absolute atomic E-state index is 3.53. The van der Waals surface area contributed by atoms with Gasteiger partial charge >= 0.3 is 0 Å². The molecule has 0 bridgehead atoms. The van der Waals surface area contributed by atoms with E-state index in [0.29, 0.717) is 6.04 Å². The number of hydrogen-bond acceptors (Lipinski definition) is 1. The molecule has 1 nitrogen and oxygen atoms in total. The summed E-state index contributed by atoms with van der Waals surface area (Å²) in [5, 5.41) is 3.53. The van der Waals surface area contributed by atoms with Crippen molar-refractivity contribution in [2.45, 2.75) is 39.2 Å². The largest absolute Gasteiger partial charge is 0.312 e. The standard InChI is InChI=1S/C19H25N/c1-14-11-12-15(2)17(13-14)18(20-5)19(3,4)16-9-7-6-8-10-16/h6-13,18,20H,1-5H3. The number of nitrogens with one attached hydrogen (secondary N) is 1. The van der Waals surface area contributed by atoms with Gasteiger partial charge in [-0.05, 0) is 37.6 Å². The minimum atomic E-state index is 0.0363. The summed E-state index contributed by atoms with van der Waals surface area (Å²) in [5.41, 5.74) is 5.45. The molecule has 0 aromatic heterocycles. The Bertz CT molecular complexity index is 570. The SMILES string of the molecule is CNC(c1cc(C)ccc1C)C(C)(C)c1ccccc1. The fraction of sp³-hybridized carbons (Fsp3) is 0.368. The van der Waals surface area contributed by atoms with Crippen LogP contribution in [0, 0.1) is 13.8 Å². The highest BCUT2D eigenvalue weighted by atomic mass is 14.9. The normalized spacial score (nSPS) is 13.2. The van der Waals surface area contributed by atoms with Gasteiger partial charge in [0.05, 0.1) is 0 Å². The van der Waals surface area contributed by atoms with Crippen molar-refractivity contribution in [1.29, 1.82) is 0 Å². The summed E-state index contributed by atoms with van der Waals surface area (Å²) in [4.78, 5) is 0. The van der Waals surface area contributed by atoms with Gasteiger partial charge in [0.25, 0.3) is 0 Å². The highest BCUT2D eigenvalue weighted by Crippen LogP contribution is 2.38. The fourth-order valence-corrected chi connectivity index (χ4v) is 3.01. The second-order valence-corrected chi connectivity index (χ2v) is 6.17. The molecule has 0 saturated carbocycles. The Morgan fingerprint density at radius 1 is 0.950 bits per heavy atom. The molecule has 0 radical (unpaired) electrons. The smallest absolute Gasteiger partial charge is 0.0413 e. The zero-order chi connectivity index (χ0) is 14.8. The summed E-state index contributed by atoms with van der Waals surface area (Å²) >= 11 is 0.